The van der Waals surface area contributed by atoms with E-state index in [0.717, 1.165) is 17.1 Å². The van der Waals surface area contributed by atoms with Crippen LogP contribution in [-0.4, -0.2) is 52.7 Å². The smallest absolute Gasteiger partial charge is 0.274 e. The first-order chi connectivity index (χ1) is 13.5. The zero-order valence-corrected chi connectivity index (χ0v) is 16.8. The lowest BCUT2D eigenvalue weighted by Gasteiger charge is -2.25. The van der Waals surface area contributed by atoms with Gasteiger partial charge in [-0.2, -0.15) is 4.31 Å². The molecule has 1 fully saturated rings. The number of pyridine rings is 1. The maximum atomic E-state index is 12.7. The fraction of sp³-hybridized carbons (Fsp3) is 0.350. The molecule has 0 radical (unpaired) electrons. The molecular formula is C20H26N3O4S+. The summed E-state index contributed by atoms with van der Waals surface area (Å²) < 4.78 is 37.5. The first-order valence-corrected chi connectivity index (χ1v) is 10.6. The number of ether oxygens (including phenoxy) is 2. The third-order valence-corrected chi connectivity index (χ3v) is 6.39. The highest BCUT2D eigenvalue weighted by Gasteiger charge is 2.27. The van der Waals surface area contributed by atoms with E-state index < -0.39 is 10.0 Å². The van der Waals surface area contributed by atoms with Crippen molar-refractivity contribution >= 4 is 15.8 Å². The molecule has 0 amide bonds. The summed E-state index contributed by atoms with van der Waals surface area (Å²) in [6.07, 6.45) is 3.25. The van der Waals surface area contributed by atoms with E-state index in [1.165, 1.54) is 4.31 Å². The van der Waals surface area contributed by atoms with Gasteiger partial charge in [-0.05, 0) is 23.8 Å². The van der Waals surface area contributed by atoms with Crippen molar-refractivity contribution in [1.82, 2.24) is 4.31 Å². The maximum Gasteiger partial charge on any atom is 0.274 e. The van der Waals surface area contributed by atoms with Gasteiger partial charge in [-0.15, -0.1) is 0 Å². The van der Waals surface area contributed by atoms with Crippen LogP contribution in [0.2, 0.25) is 0 Å². The zero-order valence-electron chi connectivity index (χ0n) is 16.0. The predicted molar refractivity (Wildman–Crippen MR) is 107 cm³/mol. The molecule has 2 heterocycles. The number of rotatable bonds is 8. The van der Waals surface area contributed by atoms with E-state index in [0.29, 0.717) is 39.5 Å². The van der Waals surface area contributed by atoms with Crippen molar-refractivity contribution in [3.63, 3.8) is 0 Å². The predicted octanol–water partition coefficient (Wildman–Crippen LogP) is 1.72. The minimum atomic E-state index is -3.49. The van der Waals surface area contributed by atoms with Gasteiger partial charge in [0.2, 0.25) is 10.0 Å². The second-order valence-electron chi connectivity index (χ2n) is 6.53. The molecule has 7 nitrogen and oxygen atoms in total. The van der Waals surface area contributed by atoms with Crippen LogP contribution in [0.25, 0.3) is 0 Å². The van der Waals surface area contributed by atoms with Crippen LogP contribution in [0.1, 0.15) is 5.56 Å². The number of anilines is 1. The molecule has 3 rings (SSSR count). The van der Waals surface area contributed by atoms with Gasteiger partial charge in [-0.3, -0.25) is 4.90 Å². The number of hydrogen-bond acceptors (Lipinski definition) is 5. The van der Waals surface area contributed by atoms with Crippen molar-refractivity contribution < 1.29 is 22.9 Å². The number of sulfonamides is 1. The first-order valence-electron chi connectivity index (χ1n) is 9.14. The molecule has 28 heavy (non-hydrogen) atoms. The van der Waals surface area contributed by atoms with Gasteiger partial charge in [0.15, 0.2) is 0 Å². The fourth-order valence-electron chi connectivity index (χ4n) is 2.94. The van der Waals surface area contributed by atoms with Gasteiger partial charge in [0.1, 0.15) is 30.0 Å². The Hall–Kier alpha value is -2.42. The van der Waals surface area contributed by atoms with Crippen molar-refractivity contribution in [3.8, 4) is 5.75 Å². The Bertz CT molecular complexity index is 877. The van der Waals surface area contributed by atoms with E-state index in [1.807, 2.05) is 36.2 Å². The van der Waals surface area contributed by atoms with Crippen molar-refractivity contribution in [2.24, 2.45) is 0 Å². The van der Waals surface area contributed by atoms with E-state index in [9.17, 15) is 8.42 Å². The highest BCUT2D eigenvalue weighted by atomic mass is 32.2. The number of aromatic amines is 1. The molecule has 0 atom stereocenters. The van der Waals surface area contributed by atoms with Crippen molar-refractivity contribution in [1.29, 1.82) is 0 Å². The van der Waals surface area contributed by atoms with E-state index in [1.54, 1.807) is 24.4 Å². The lowest BCUT2D eigenvalue weighted by Crippen LogP contribution is -2.41. The fourth-order valence-corrected chi connectivity index (χ4v) is 4.32. The van der Waals surface area contributed by atoms with E-state index in [2.05, 4.69) is 11.6 Å². The average molecular weight is 405 g/mol. The van der Waals surface area contributed by atoms with Gasteiger partial charge in [-0.25, -0.2) is 13.4 Å². The molecule has 1 N–H and O–H groups in total. The van der Waals surface area contributed by atoms with Gasteiger partial charge in [-0.1, -0.05) is 24.8 Å². The Labute approximate surface area is 166 Å². The number of nitrogens with zero attached hydrogens (tertiary/aromatic N) is 2. The topological polar surface area (TPSA) is 73.2 Å². The molecule has 2 aromatic rings. The molecule has 0 saturated carbocycles. The number of morpholine rings is 1. The summed E-state index contributed by atoms with van der Waals surface area (Å²) in [7, 11) is -1.54. The Morgan fingerprint density at radius 1 is 1.21 bits per heavy atom. The Balaban J connectivity index is 1.64. The van der Waals surface area contributed by atoms with E-state index in [-0.39, 0.29) is 4.90 Å². The monoisotopic (exact) mass is 404 g/mol. The van der Waals surface area contributed by atoms with Gasteiger partial charge in [0.25, 0.3) is 5.82 Å². The molecule has 1 aliphatic heterocycles. The Morgan fingerprint density at radius 2 is 1.93 bits per heavy atom. The molecule has 0 unspecified atom stereocenters. The Kier molecular flexibility index (Phi) is 6.66. The molecule has 1 aliphatic rings. The molecular weight excluding hydrogens is 378 g/mol. The third kappa shape index (κ3) is 4.89. The number of nitrogens with one attached hydrogen (secondary N) is 1. The highest BCUT2D eigenvalue weighted by Crippen LogP contribution is 2.18. The van der Waals surface area contributed by atoms with Crippen LogP contribution in [-0.2, 0) is 21.3 Å². The molecule has 0 aliphatic carbocycles. The highest BCUT2D eigenvalue weighted by molar-refractivity contribution is 7.89. The minimum Gasteiger partial charge on any atom is -0.490 e. The second kappa shape index (κ2) is 9.18. The summed E-state index contributed by atoms with van der Waals surface area (Å²) >= 11 is 0. The van der Waals surface area contributed by atoms with Gasteiger partial charge in [0.05, 0.1) is 20.3 Å². The van der Waals surface area contributed by atoms with Crippen molar-refractivity contribution in [3.05, 3.63) is 60.8 Å². The number of H-pyrrole nitrogens is 1. The van der Waals surface area contributed by atoms with Crippen molar-refractivity contribution in [2.45, 2.75) is 11.4 Å². The van der Waals surface area contributed by atoms with Crippen LogP contribution in [0.4, 0.5) is 5.82 Å². The largest absolute Gasteiger partial charge is 0.490 e. The summed E-state index contributed by atoms with van der Waals surface area (Å²) in [6, 6.07) is 11.3. The SMILES string of the molecule is C=CCOc1ccc(CN(C)c2ccc(S(=O)(=O)N3CCOCC3)c[nH+]2)cc1. The standard InChI is InChI=1S/C20H25N3O4S/c1-3-12-27-18-6-4-17(5-7-18)16-22(2)20-9-8-19(15-21-20)28(24,25)23-10-13-26-14-11-23/h3-9,15H,1,10-14,16H2,2H3/p+1. The summed E-state index contributed by atoms with van der Waals surface area (Å²) in [6.45, 7) is 6.42. The molecule has 1 aromatic carbocycles. The van der Waals surface area contributed by atoms with Crippen LogP contribution < -0.4 is 14.6 Å². The third-order valence-electron chi connectivity index (χ3n) is 4.50. The Morgan fingerprint density at radius 3 is 2.54 bits per heavy atom. The van der Waals surface area contributed by atoms with E-state index in [4.69, 9.17) is 9.47 Å². The molecule has 0 spiro atoms. The normalized spacial score (nSPS) is 15.2. The second-order valence-corrected chi connectivity index (χ2v) is 8.46. The zero-order chi connectivity index (χ0) is 20.0. The minimum absolute atomic E-state index is 0.260. The number of benzene rings is 1. The molecule has 150 valence electrons. The molecule has 0 bridgehead atoms. The lowest BCUT2D eigenvalue weighted by molar-refractivity contribution is -0.367. The maximum absolute atomic E-state index is 12.7. The molecule has 8 heteroatoms. The summed E-state index contributed by atoms with van der Waals surface area (Å²) in [5.41, 5.74) is 1.12. The van der Waals surface area contributed by atoms with Crippen LogP contribution in [0, 0.1) is 0 Å². The summed E-state index contributed by atoms with van der Waals surface area (Å²) in [4.78, 5) is 5.37. The van der Waals surface area contributed by atoms with E-state index >= 15 is 0 Å². The van der Waals surface area contributed by atoms with Crippen molar-refractivity contribution in [2.75, 3.05) is 44.9 Å². The number of hydrogen-bond donors (Lipinski definition) is 0. The van der Waals surface area contributed by atoms with Gasteiger partial charge >= 0.3 is 0 Å². The van der Waals surface area contributed by atoms with Crippen LogP contribution in [0.3, 0.4) is 0 Å². The van der Waals surface area contributed by atoms with Crippen LogP contribution >= 0.6 is 0 Å². The number of aromatic nitrogens is 1. The quantitative estimate of drug-likeness (QED) is 0.627. The molecule has 1 saturated heterocycles. The van der Waals surface area contributed by atoms with Gasteiger partial charge < -0.3 is 9.47 Å². The first kappa shape index (κ1) is 20.3. The molecule has 1 aromatic heterocycles. The summed E-state index contributed by atoms with van der Waals surface area (Å²) in [5, 5.41) is 0. The lowest BCUT2D eigenvalue weighted by atomic mass is 10.2. The average Bonchev–Trinajstić information content (AvgIpc) is 2.74. The van der Waals surface area contributed by atoms with Gasteiger partial charge in [0, 0.05) is 19.2 Å². The van der Waals surface area contributed by atoms with Crippen LogP contribution in [0.5, 0.6) is 5.75 Å². The van der Waals surface area contributed by atoms with Crippen LogP contribution in [0.15, 0.2) is 60.1 Å². The summed E-state index contributed by atoms with van der Waals surface area (Å²) in [5.74, 6) is 1.63.